The molecule has 0 aliphatic carbocycles. The molecule has 0 amide bonds. The minimum absolute atomic E-state index is 0.309. The van der Waals surface area contributed by atoms with Crippen molar-refractivity contribution in [2.24, 2.45) is 5.92 Å². The Hall–Kier alpha value is -1.75. The van der Waals surface area contributed by atoms with E-state index in [4.69, 9.17) is 10.5 Å². The first kappa shape index (κ1) is 14.7. The molecule has 1 unspecified atom stereocenters. The van der Waals surface area contributed by atoms with Gasteiger partial charge < -0.3 is 20.7 Å². The zero-order valence-electron chi connectivity index (χ0n) is 12.2. The van der Waals surface area contributed by atoms with Crippen molar-refractivity contribution in [1.29, 1.82) is 0 Å². The lowest BCUT2D eigenvalue weighted by Gasteiger charge is -2.15. The van der Waals surface area contributed by atoms with E-state index in [1.165, 1.54) is 6.42 Å². The summed E-state index contributed by atoms with van der Waals surface area (Å²) in [7, 11) is 2.13. The van der Waals surface area contributed by atoms with Crippen molar-refractivity contribution in [3.05, 3.63) is 23.8 Å². The lowest BCUT2D eigenvalue weighted by atomic mass is 10.1. The van der Waals surface area contributed by atoms with Crippen LogP contribution in [0.3, 0.4) is 0 Å². The SMILES string of the molecule is CCOC(=O)c1ccc(N)c(NCC2CCN(C)C2)c1. The zero-order chi connectivity index (χ0) is 14.5. The van der Waals surface area contributed by atoms with Crippen LogP contribution in [0, 0.1) is 5.92 Å². The summed E-state index contributed by atoms with van der Waals surface area (Å²) in [6.45, 7) is 5.29. The maximum absolute atomic E-state index is 11.7. The molecule has 1 heterocycles. The predicted molar refractivity (Wildman–Crippen MR) is 80.9 cm³/mol. The van der Waals surface area contributed by atoms with Gasteiger partial charge in [0, 0.05) is 13.1 Å². The van der Waals surface area contributed by atoms with E-state index >= 15 is 0 Å². The quantitative estimate of drug-likeness (QED) is 0.634. The fraction of sp³-hybridized carbons (Fsp3) is 0.533. The Labute approximate surface area is 120 Å². The highest BCUT2D eigenvalue weighted by molar-refractivity contribution is 5.92. The number of benzene rings is 1. The van der Waals surface area contributed by atoms with Gasteiger partial charge in [-0.1, -0.05) is 0 Å². The van der Waals surface area contributed by atoms with Gasteiger partial charge in [0.2, 0.25) is 0 Å². The second-order valence-corrected chi connectivity index (χ2v) is 5.32. The van der Waals surface area contributed by atoms with Crippen LogP contribution >= 0.6 is 0 Å². The van der Waals surface area contributed by atoms with E-state index in [1.54, 1.807) is 25.1 Å². The molecule has 1 atom stereocenters. The summed E-state index contributed by atoms with van der Waals surface area (Å²) in [5, 5.41) is 3.35. The molecule has 0 saturated carbocycles. The number of nitrogen functional groups attached to an aromatic ring is 1. The molecule has 1 aliphatic rings. The maximum atomic E-state index is 11.7. The Balaban J connectivity index is 1.99. The van der Waals surface area contributed by atoms with Crippen molar-refractivity contribution < 1.29 is 9.53 Å². The summed E-state index contributed by atoms with van der Waals surface area (Å²) in [5.74, 6) is 0.321. The highest BCUT2D eigenvalue weighted by Crippen LogP contribution is 2.22. The van der Waals surface area contributed by atoms with Crippen molar-refractivity contribution in [3.63, 3.8) is 0 Å². The molecule has 3 N–H and O–H groups in total. The van der Waals surface area contributed by atoms with Crippen molar-refractivity contribution in [2.45, 2.75) is 13.3 Å². The van der Waals surface area contributed by atoms with E-state index in [1.807, 2.05) is 0 Å². The van der Waals surface area contributed by atoms with Crippen LogP contribution in [0.5, 0.6) is 0 Å². The Bertz CT molecular complexity index is 476. The van der Waals surface area contributed by atoms with E-state index in [0.717, 1.165) is 25.3 Å². The van der Waals surface area contributed by atoms with Gasteiger partial charge in [0.1, 0.15) is 0 Å². The van der Waals surface area contributed by atoms with Crippen LogP contribution in [0.15, 0.2) is 18.2 Å². The topological polar surface area (TPSA) is 67.6 Å². The first-order chi connectivity index (χ1) is 9.60. The van der Waals surface area contributed by atoms with Gasteiger partial charge in [-0.25, -0.2) is 4.79 Å². The van der Waals surface area contributed by atoms with Gasteiger partial charge in [-0.15, -0.1) is 0 Å². The molecule has 1 aromatic rings. The number of rotatable bonds is 5. The van der Waals surface area contributed by atoms with E-state index in [9.17, 15) is 4.79 Å². The molecule has 1 saturated heterocycles. The number of nitrogens with one attached hydrogen (secondary N) is 1. The molecule has 0 radical (unpaired) electrons. The van der Waals surface area contributed by atoms with Crippen LogP contribution in [-0.2, 0) is 4.74 Å². The predicted octanol–water partition coefficient (Wildman–Crippen LogP) is 1.81. The molecular weight excluding hydrogens is 254 g/mol. The van der Waals surface area contributed by atoms with E-state index in [0.29, 0.717) is 23.8 Å². The van der Waals surface area contributed by atoms with E-state index in [2.05, 4.69) is 17.3 Å². The minimum Gasteiger partial charge on any atom is -0.462 e. The third kappa shape index (κ3) is 3.63. The average molecular weight is 277 g/mol. The monoisotopic (exact) mass is 277 g/mol. The number of ether oxygens (including phenoxy) is 1. The Morgan fingerprint density at radius 3 is 3.00 bits per heavy atom. The van der Waals surface area contributed by atoms with Gasteiger partial charge in [-0.3, -0.25) is 0 Å². The molecule has 0 aromatic heterocycles. The number of anilines is 2. The van der Waals surface area contributed by atoms with Crippen LogP contribution in [0.25, 0.3) is 0 Å². The molecule has 0 spiro atoms. The van der Waals surface area contributed by atoms with E-state index in [-0.39, 0.29) is 5.97 Å². The maximum Gasteiger partial charge on any atom is 0.338 e. The van der Waals surface area contributed by atoms with Gasteiger partial charge >= 0.3 is 5.97 Å². The van der Waals surface area contributed by atoms with Crippen LogP contribution in [-0.4, -0.2) is 44.2 Å². The van der Waals surface area contributed by atoms with Crippen LogP contribution in [0.1, 0.15) is 23.7 Å². The fourth-order valence-corrected chi connectivity index (χ4v) is 2.50. The van der Waals surface area contributed by atoms with E-state index < -0.39 is 0 Å². The smallest absolute Gasteiger partial charge is 0.338 e. The number of carbonyl (C=O) groups excluding carboxylic acids is 1. The molecule has 1 fully saturated rings. The van der Waals surface area contributed by atoms with Gasteiger partial charge in [0.25, 0.3) is 0 Å². The highest BCUT2D eigenvalue weighted by atomic mass is 16.5. The number of hydrogen-bond acceptors (Lipinski definition) is 5. The van der Waals surface area contributed by atoms with Crippen molar-refractivity contribution in [2.75, 3.05) is 44.3 Å². The normalized spacial score (nSPS) is 19.0. The first-order valence-electron chi connectivity index (χ1n) is 7.09. The third-order valence-electron chi connectivity index (χ3n) is 3.63. The molecule has 1 aromatic carbocycles. The summed E-state index contributed by atoms with van der Waals surface area (Å²) in [6, 6.07) is 5.21. The second-order valence-electron chi connectivity index (χ2n) is 5.32. The van der Waals surface area contributed by atoms with Crippen LogP contribution in [0.2, 0.25) is 0 Å². The minimum atomic E-state index is -0.309. The summed E-state index contributed by atoms with van der Waals surface area (Å²) in [6.07, 6.45) is 1.20. The lowest BCUT2D eigenvalue weighted by molar-refractivity contribution is 0.0526. The number of nitrogens with two attached hydrogens (primary N) is 1. The summed E-state index contributed by atoms with van der Waals surface area (Å²) < 4.78 is 5.00. The van der Waals surface area contributed by atoms with Gasteiger partial charge in [-0.2, -0.15) is 0 Å². The molecule has 20 heavy (non-hydrogen) atoms. The fourth-order valence-electron chi connectivity index (χ4n) is 2.50. The number of esters is 1. The number of hydrogen-bond donors (Lipinski definition) is 2. The molecule has 110 valence electrons. The molecule has 5 nitrogen and oxygen atoms in total. The van der Waals surface area contributed by atoms with Crippen LogP contribution < -0.4 is 11.1 Å². The highest BCUT2D eigenvalue weighted by Gasteiger charge is 2.19. The van der Waals surface area contributed by atoms with Crippen molar-refractivity contribution >= 4 is 17.3 Å². The molecule has 0 bridgehead atoms. The summed E-state index contributed by atoms with van der Waals surface area (Å²) in [5.41, 5.74) is 7.95. The Kier molecular flexibility index (Phi) is 4.84. The number of likely N-dealkylation sites (tertiary alicyclic amines) is 1. The van der Waals surface area contributed by atoms with Gasteiger partial charge in [0.15, 0.2) is 0 Å². The molecule has 2 rings (SSSR count). The van der Waals surface area contributed by atoms with Gasteiger partial charge in [0.05, 0.1) is 23.5 Å². The second kappa shape index (κ2) is 6.61. The molecule has 5 heteroatoms. The lowest BCUT2D eigenvalue weighted by Crippen LogP contribution is -2.19. The third-order valence-corrected chi connectivity index (χ3v) is 3.63. The largest absolute Gasteiger partial charge is 0.462 e. The van der Waals surface area contributed by atoms with Crippen molar-refractivity contribution in [1.82, 2.24) is 4.90 Å². The molecular formula is C15H23N3O2. The number of nitrogens with zero attached hydrogens (tertiary/aromatic N) is 1. The van der Waals surface area contributed by atoms with Gasteiger partial charge in [-0.05, 0) is 51.1 Å². The number of carbonyl (C=O) groups is 1. The Morgan fingerprint density at radius 2 is 2.35 bits per heavy atom. The first-order valence-corrected chi connectivity index (χ1v) is 7.09. The van der Waals surface area contributed by atoms with Crippen LogP contribution in [0.4, 0.5) is 11.4 Å². The summed E-state index contributed by atoms with van der Waals surface area (Å²) in [4.78, 5) is 14.0. The summed E-state index contributed by atoms with van der Waals surface area (Å²) >= 11 is 0. The standard InChI is InChI=1S/C15H23N3O2/c1-3-20-15(19)12-4-5-13(16)14(8-12)17-9-11-6-7-18(2)10-11/h4-5,8,11,17H,3,6-7,9-10,16H2,1-2H3. The zero-order valence-corrected chi connectivity index (χ0v) is 12.2. The van der Waals surface area contributed by atoms with Crippen molar-refractivity contribution in [3.8, 4) is 0 Å². The molecule has 1 aliphatic heterocycles. The Morgan fingerprint density at radius 1 is 1.55 bits per heavy atom. The average Bonchev–Trinajstić information content (AvgIpc) is 2.84.